The molecule has 0 rings (SSSR count). The van der Waals surface area contributed by atoms with Crippen LogP contribution in [0.2, 0.25) is 0 Å². The average Bonchev–Trinajstić information content (AvgIpc) is 2.01. The van der Waals surface area contributed by atoms with Crippen LogP contribution in [-0.4, -0.2) is 23.8 Å². The molecule has 80 valence electrons. The van der Waals surface area contributed by atoms with E-state index in [4.69, 9.17) is 5.11 Å². The summed E-state index contributed by atoms with van der Waals surface area (Å²) in [5, 5.41) is 12.4. The standard InChI is InChI=1S/C11H25NO/c1-6-10(7-8-13)12-9(2)11(3,4)5/h9-10,12-13H,6-8H2,1-5H3. The van der Waals surface area contributed by atoms with Gasteiger partial charge < -0.3 is 10.4 Å². The molecule has 0 fully saturated rings. The minimum absolute atomic E-state index is 0.280. The van der Waals surface area contributed by atoms with E-state index < -0.39 is 0 Å². The minimum atomic E-state index is 0.280. The van der Waals surface area contributed by atoms with Crippen LogP contribution in [0, 0.1) is 5.41 Å². The molecule has 13 heavy (non-hydrogen) atoms. The molecule has 0 radical (unpaired) electrons. The second-order valence-electron chi connectivity index (χ2n) is 4.87. The van der Waals surface area contributed by atoms with Gasteiger partial charge in [0, 0.05) is 18.7 Å². The molecule has 2 atom stereocenters. The number of hydrogen-bond acceptors (Lipinski definition) is 2. The normalized spacial score (nSPS) is 17.1. The molecule has 2 heteroatoms. The van der Waals surface area contributed by atoms with Crippen molar-refractivity contribution in [3.63, 3.8) is 0 Å². The molecule has 2 N–H and O–H groups in total. The summed E-state index contributed by atoms with van der Waals surface area (Å²) in [5.41, 5.74) is 0.295. The molecule has 0 aromatic heterocycles. The van der Waals surface area contributed by atoms with Gasteiger partial charge in [0.15, 0.2) is 0 Å². The molecule has 0 aromatic carbocycles. The second-order valence-corrected chi connectivity index (χ2v) is 4.87. The largest absolute Gasteiger partial charge is 0.396 e. The highest BCUT2D eigenvalue weighted by Crippen LogP contribution is 2.19. The van der Waals surface area contributed by atoms with Crippen LogP contribution in [-0.2, 0) is 0 Å². The van der Waals surface area contributed by atoms with Crippen LogP contribution in [0.15, 0.2) is 0 Å². The van der Waals surface area contributed by atoms with Gasteiger partial charge in [-0.1, -0.05) is 27.7 Å². The maximum absolute atomic E-state index is 8.84. The van der Waals surface area contributed by atoms with E-state index in [-0.39, 0.29) is 6.61 Å². The lowest BCUT2D eigenvalue weighted by atomic mass is 9.87. The minimum Gasteiger partial charge on any atom is -0.396 e. The Morgan fingerprint density at radius 1 is 1.31 bits per heavy atom. The Morgan fingerprint density at radius 2 is 1.85 bits per heavy atom. The van der Waals surface area contributed by atoms with E-state index in [1.54, 1.807) is 0 Å². The van der Waals surface area contributed by atoms with Crippen LogP contribution >= 0.6 is 0 Å². The lowest BCUT2D eigenvalue weighted by Gasteiger charge is -2.32. The maximum atomic E-state index is 8.84. The maximum Gasteiger partial charge on any atom is 0.0445 e. The van der Waals surface area contributed by atoms with Crippen molar-refractivity contribution in [1.82, 2.24) is 5.32 Å². The van der Waals surface area contributed by atoms with Crippen LogP contribution in [0.3, 0.4) is 0 Å². The first-order chi connectivity index (χ1) is 5.91. The average molecular weight is 187 g/mol. The molecule has 0 aliphatic heterocycles. The molecular weight excluding hydrogens is 162 g/mol. The van der Waals surface area contributed by atoms with E-state index >= 15 is 0 Å². The summed E-state index contributed by atoms with van der Waals surface area (Å²) in [6.45, 7) is 11.3. The zero-order chi connectivity index (χ0) is 10.5. The molecule has 0 heterocycles. The van der Waals surface area contributed by atoms with Crippen molar-refractivity contribution in [2.75, 3.05) is 6.61 Å². The molecule has 2 nitrogen and oxygen atoms in total. The summed E-state index contributed by atoms with van der Waals surface area (Å²) in [6, 6.07) is 0.947. The van der Waals surface area contributed by atoms with Crippen molar-refractivity contribution in [2.24, 2.45) is 5.41 Å². The highest BCUT2D eigenvalue weighted by molar-refractivity contribution is 4.79. The Morgan fingerprint density at radius 3 is 2.15 bits per heavy atom. The molecule has 2 unspecified atom stereocenters. The molecule has 0 aliphatic rings. The van der Waals surface area contributed by atoms with E-state index in [0.717, 1.165) is 12.8 Å². The highest BCUT2D eigenvalue weighted by Gasteiger charge is 2.21. The highest BCUT2D eigenvalue weighted by atomic mass is 16.3. The van der Waals surface area contributed by atoms with Crippen molar-refractivity contribution in [1.29, 1.82) is 0 Å². The van der Waals surface area contributed by atoms with E-state index in [0.29, 0.717) is 17.5 Å². The molecule has 0 aliphatic carbocycles. The first kappa shape index (κ1) is 12.9. The molecular formula is C11H25NO. The number of aliphatic hydroxyl groups is 1. The third-order valence-electron chi connectivity index (χ3n) is 2.76. The Labute approximate surface area is 82.7 Å². The quantitative estimate of drug-likeness (QED) is 0.691. The molecule has 0 bridgehead atoms. The van der Waals surface area contributed by atoms with Crippen molar-refractivity contribution < 1.29 is 5.11 Å². The monoisotopic (exact) mass is 187 g/mol. The van der Waals surface area contributed by atoms with Crippen molar-refractivity contribution in [3.05, 3.63) is 0 Å². The summed E-state index contributed by atoms with van der Waals surface area (Å²) in [6.07, 6.45) is 1.94. The topological polar surface area (TPSA) is 32.3 Å². The fourth-order valence-corrected chi connectivity index (χ4v) is 1.16. The van der Waals surface area contributed by atoms with Gasteiger partial charge in [-0.2, -0.15) is 0 Å². The van der Waals surface area contributed by atoms with Gasteiger partial charge >= 0.3 is 0 Å². The SMILES string of the molecule is CCC(CCO)NC(C)C(C)(C)C. The molecule has 0 aromatic rings. The lowest BCUT2D eigenvalue weighted by Crippen LogP contribution is -2.44. The van der Waals surface area contributed by atoms with Gasteiger partial charge in [0.05, 0.1) is 0 Å². The van der Waals surface area contributed by atoms with Crippen LogP contribution < -0.4 is 5.32 Å². The fraction of sp³-hybridized carbons (Fsp3) is 1.00. The number of aliphatic hydroxyl groups excluding tert-OH is 1. The fourth-order valence-electron chi connectivity index (χ4n) is 1.16. The number of hydrogen-bond donors (Lipinski definition) is 2. The van der Waals surface area contributed by atoms with Gasteiger partial charge in [-0.05, 0) is 25.2 Å². The zero-order valence-electron chi connectivity index (χ0n) is 9.72. The third-order valence-corrected chi connectivity index (χ3v) is 2.76. The Hall–Kier alpha value is -0.0800. The summed E-state index contributed by atoms with van der Waals surface area (Å²) in [7, 11) is 0. The smallest absolute Gasteiger partial charge is 0.0445 e. The van der Waals surface area contributed by atoms with Crippen LogP contribution in [0.25, 0.3) is 0 Å². The summed E-state index contributed by atoms with van der Waals surface area (Å²) in [4.78, 5) is 0. The van der Waals surface area contributed by atoms with Crippen molar-refractivity contribution >= 4 is 0 Å². The zero-order valence-corrected chi connectivity index (χ0v) is 9.72. The summed E-state index contributed by atoms with van der Waals surface area (Å²) < 4.78 is 0. The third kappa shape index (κ3) is 5.27. The van der Waals surface area contributed by atoms with Gasteiger partial charge in [-0.3, -0.25) is 0 Å². The van der Waals surface area contributed by atoms with Gasteiger partial charge in [-0.25, -0.2) is 0 Å². The Bertz CT molecular complexity index is 129. The van der Waals surface area contributed by atoms with E-state index in [1.165, 1.54) is 0 Å². The van der Waals surface area contributed by atoms with E-state index in [9.17, 15) is 0 Å². The lowest BCUT2D eigenvalue weighted by molar-refractivity contribution is 0.221. The first-order valence-electron chi connectivity index (χ1n) is 5.28. The predicted molar refractivity (Wildman–Crippen MR) is 57.8 cm³/mol. The number of rotatable bonds is 5. The van der Waals surface area contributed by atoms with Crippen LogP contribution in [0.1, 0.15) is 47.5 Å². The summed E-state index contributed by atoms with van der Waals surface area (Å²) in [5.74, 6) is 0. The second kappa shape index (κ2) is 5.61. The summed E-state index contributed by atoms with van der Waals surface area (Å²) >= 11 is 0. The molecule has 0 saturated heterocycles. The van der Waals surface area contributed by atoms with Gasteiger partial charge in [0.1, 0.15) is 0 Å². The predicted octanol–water partition coefficient (Wildman–Crippen LogP) is 2.17. The molecule has 0 amide bonds. The van der Waals surface area contributed by atoms with E-state index in [2.05, 4.69) is 39.9 Å². The van der Waals surface area contributed by atoms with Gasteiger partial charge in [0.2, 0.25) is 0 Å². The van der Waals surface area contributed by atoms with Crippen molar-refractivity contribution in [3.8, 4) is 0 Å². The van der Waals surface area contributed by atoms with Gasteiger partial charge in [-0.15, -0.1) is 0 Å². The molecule has 0 spiro atoms. The van der Waals surface area contributed by atoms with Crippen LogP contribution in [0.4, 0.5) is 0 Å². The van der Waals surface area contributed by atoms with Crippen LogP contribution in [0.5, 0.6) is 0 Å². The molecule has 0 saturated carbocycles. The Kier molecular flexibility index (Phi) is 5.57. The number of nitrogens with one attached hydrogen (secondary N) is 1. The first-order valence-corrected chi connectivity index (χ1v) is 5.28. The van der Waals surface area contributed by atoms with Crippen molar-refractivity contribution in [2.45, 2.75) is 59.5 Å². The van der Waals surface area contributed by atoms with E-state index in [1.807, 2.05) is 0 Å². The van der Waals surface area contributed by atoms with Gasteiger partial charge in [0.25, 0.3) is 0 Å². The Balaban J connectivity index is 3.93.